The largest absolute Gasteiger partial charge is 0.341 e. The number of piperazine rings is 3. The minimum atomic E-state index is 1.00. The van der Waals surface area contributed by atoms with E-state index in [-0.39, 0.29) is 0 Å². The smallest absolute Gasteiger partial charge is 0.227 e. The first-order chi connectivity index (χ1) is 8.68. The van der Waals surface area contributed by atoms with Crippen molar-refractivity contribution in [1.82, 2.24) is 0 Å². The lowest BCUT2D eigenvalue weighted by molar-refractivity contribution is -1.08. The molecule has 0 unspecified atom stereocenters. The molecule has 0 spiro atoms. The molecule has 0 aromatic rings. The summed E-state index contributed by atoms with van der Waals surface area (Å²) in [5.74, 6) is 0. The molecule has 0 atom stereocenters. The summed E-state index contributed by atoms with van der Waals surface area (Å²) >= 11 is 0. The van der Waals surface area contributed by atoms with E-state index in [0.717, 1.165) is 6.54 Å². The molecule has 3 saturated heterocycles. The zero-order valence-corrected chi connectivity index (χ0v) is 11.9. The highest BCUT2D eigenvalue weighted by atomic mass is 15.5. The Hall–Kier alpha value is -0.650. The van der Waals surface area contributed by atoms with Gasteiger partial charge in [0.15, 0.2) is 0 Å². The Bertz CT molecular complexity index is 265. The monoisotopic (exact) mass is 257 g/mol. The number of quaternary nitrogens is 3. The summed E-state index contributed by atoms with van der Waals surface area (Å²) in [5.41, 5.74) is 5.27. The van der Waals surface area contributed by atoms with E-state index in [1.165, 1.54) is 80.6 Å². The van der Waals surface area contributed by atoms with Crippen molar-refractivity contribution in [3.05, 3.63) is 0 Å². The quantitative estimate of drug-likeness (QED) is 0.187. The molecule has 0 amide bonds. The Morgan fingerprint density at radius 1 is 1.11 bits per heavy atom. The van der Waals surface area contributed by atoms with Gasteiger partial charge in [0.05, 0.1) is 20.1 Å². The van der Waals surface area contributed by atoms with Gasteiger partial charge in [0.25, 0.3) is 0 Å². The van der Waals surface area contributed by atoms with Crippen molar-refractivity contribution in [2.75, 3.05) is 72.5 Å². The van der Waals surface area contributed by atoms with E-state index in [0.29, 0.717) is 0 Å². The van der Waals surface area contributed by atoms with Gasteiger partial charge in [0.2, 0.25) is 6.34 Å². The highest BCUT2D eigenvalue weighted by Gasteiger charge is 2.46. The van der Waals surface area contributed by atoms with Gasteiger partial charge in [0, 0.05) is 6.42 Å². The fourth-order valence-corrected chi connectivity index (χ4v) is 3.31. The second kappa shape index (κ2) is 5.99. The molecule has 3 heterocycles. The number of hydrogen-bond acceptors (Lipinski definition) is 0. The third-order valence-electron chi connectivity index (χ3n) is 5.00. The van der Waals surface area contributed by atoms with Crippen molar-refractivity contribution < 1.29 is 19.3 Å². The van der Waals surface area contributed by atoms with Crippen LogP contribution >= 0.6 is 0 Å². The van der Waals surface area contributed by atoms with E-state index < -0.39 is 0 Å². The molecule has 0 aliphatic carbocycles. The van der Waals surface area contributed by atoms with Crippen molar-refractivity contribution in [3.63, 3.8) is 0 Å². The third-order valence-corrected chi connectivity index (χ3v) is 5.00. The standard InChI is InChI=1S/C13H29N5/c1-17-7-10-18(11-8-17,12-9-17)6-5-15-3-2-4-16-13-14/h13,15H,2-12H2,1H3,(H2,14,16)/q+2/p+2. The van der Waals surface area contributed by atoms with Gasteiger partial charge in [-0.25, -0.2) is 0 Å². The molecule has 104 valence electrons. The molecule has 5 heteroatoms. The number of hydrogen-bond donors (Lipinski definition) is 3. The molecule has 3 aliphatic rings. The number of likely N-dealkylation sites (N-methyl/N-ethyl adjacent to an activating group) is 1. The zero-order chi connectivity index (χ0) is 12.9. The summed E-state index contributed by atoms with van der Waals surface area (Å²) in [6.07, 6.45) is 2.73. The van der Waals surface area contributed by atoms with E-state index in [1.54, 1.807) is 0 Å². The predicted octanol–water partition coefficient (Wildman–Crippen LogP) is -3.70. The Labute approximate surface area is 111 Å². The van der Waals surface area contributed by atoms with Crippen LogP contribution in [-0.4, -0.2) is 87.8 Å². The molecule has 3 rings (SSSR count). The summed E-state index contributed by atoms with van der Waals surface area (Å²) in [6, 6.07) is 0. The maximum atomic E-state index is 5.27. The first kappa shape index (κ1) is 13.8. The molecule has 0 radical (unpaired) electrons. The van der Waals surface area contributed by atoms with Gasteiger partial charge >= 0.3 is 0 Å². The predicted molar refractivity (Wildman–Crippen MR) is 72.9 cm³/mol. The molecule has 0 saturated carbocycles. The fraction of sp³-hybridized carbons (Fsp3) is 0.923. The number of nitrogens with two attached hydrogens (primary N) is 2. The summed E-state index contributed by atoms with van der Waals surface area (Å²) < 4.78 is 2.74. The Morgan fingerprint density at radius 3 is 2.39 bits per heavy atom. The molecular formula is C13H31N5+4. The molecule has 3 aliphatic heterocycles. The first-order valence-electron chi connectivity index (χ1n) is 7.45. The van der Waals surface area contributed by atoms with Gasteiger partial charge in [-0.3, -0.25) is 10.7 Å². The topological polar surface area (TPSA) is 56.6 Å². The lowest BCUT2D eigenvalue weighted by atomic mass is 10.1. The van der Waals surface area contributed by atoms with Crippen LogP contribution in [0.5, 0.6) is 0 Å². The minimum absolute atomic E-state index is 1.00. The van der Waals surface area contributed by atoms with Crippen molar-refractivity contribution >= 4 is 6.34 Å². The molecule has 5 N–H and O–H groups in total. The highest BCUT2D eigenvalue weighted by Crippen LogP contribution is 2.23. The van der Waals surface area contributed by atoms with Gasteiger partial charge in [-0.05, 0) is 0 Å². The zero-order valence-electron chi connectivity index (χ0n) is 11.9. The summed E-state index contributed by atoms with van der Waals surface area (Å²) in [6.45, 7) is 13.3. The summed E-state index contributed by atoms with van der Waals surface area (Å²) in [5, 5.41) is 2.47. The van der Waals surface area contributed by atoms with Crippen LogP contribution in [0.4, 0.5) is 0 Å². The number of nitrogens with one attached hydrogen (secondary N) is 1. The second-order valence-electron chi connectivity index (χ2n) is 6.37. The molecule has 0 aromatic carbocycles. The first-order valence-corrected chi connectivity index (χ1v) is 7.45. The Kier molecular flexibility index (Phi) is 4.59. The number of rotatable bonds is 7. The average molecular weight is 257 g/mol. The Morgan fingerprint density at radius 2 is 1.78 bits per heavy atom. The summed E-state index contributed by atoms with van der Waals surface area (Å²) in [7, 11) is 2.43. The molecule has 2 bridgehead atoms. The maximum absolute atomic E-state index is 5.27. The minimum Gasteiger partial charge on any atom is -0.341 e. The van der Waals surface area contributed by atoms with E-state index in [2.05, 4.69) is 17.4 Å². The fourth-order valence-electron chi connectivity index (χ4n) is 3.31. The number of nitrogens with zero attached hydrogens (tertiary/aromatic N) is 2. The average Bonchev–Trinajstić information content (AvgIpc) is 2.40. The summed E-state index contributed by atoms with van der Waals surface area (Å²) in [4.78, 5) is 3.04. The van der Waals surface area contributed by atoms with Crippen molar-refractivity contribution in [2.45, 2.75) is 6.42 Å². The van der Waals surface area contributed by atoms with E-state index >= 15 is 0 Å². The van der Waals surface area contributed by atoms with Crippen LogP contribution in [-0.2, 0) is 0 Å². The lowest BCUT2D eigenvalue weighted by Gasteiger charge is -2.53. The van der Waals surface area contributed by atoms with Crippen molar-refractivity contribution in [1.29, 1.82) is 0 Å². The van der Waals surface area contributed by atoms with E-state index in [1.807, 2.05) is 0 Å². The van der Waals surface area contributed by atoms with Crippen LogP contribution in [0.15, 0.2) is 0 Å². The van der Waals surface area contributed by atoms with Crippen LogP contribution in [0, 0.1) is 0 Å². The van der Waals surface area contributed by atoms with Gasteiger partial charge in [-0.15, -0.1) is 0 Å². The molecule has 18 heavy (non-hydrogen) atoms. The van der Waals surface area contributed by atoms with Crippen LogP contribution in [0.2, 0.25) is 0 Å². The van der Waals surface area contributed by atoms with Gasteiger partial charge in [0.1, 0.15) is 52.4 Å². The van der Waals surface area contributed by atoms with Crippen LogP contribution < -0.4 is 16.0 Å². The van der Waals surface area contributed by atoms with Gasteiger partial charge in [-0.2, -0.15) is 0 Å². The van der Waals surface area contributed by atoms with Crippen LogP contribution in [0.3, 0.4) is 0 Å². The normalized spacial score (nSPS) is 35.4. The highest BCUT2D eigenvalue weighted by molar-refractivity contribution is 5.42. The van der Waals surface area contributed by atoms with Crippen LogP contribution in [0.1, 0.15) is 6.42 Å². The van der Waals surface area contributed by atoms with Gasteiger partial charge in [-0.1, -0.05) is 0 Å². The SMILES string of the molecule is C[N+]12CC[N+](CC[NH2+]CCC[NH+]=CN)(CC1)CC2. The Balaban J connectivity index is 1.59. The molecular weight excluding hydrogens is 226 g/mol. The maximum Gasteiger partial charge on any atom is 0.227 e. The molecule has 5 nitrogen and oxygen atoms in total. The molecule has 3 fully saturated rings. The molecule has 0 aromatic heterocycles. The second-order valence-corrected chi connectivity index (χ2v) is 6.37. The van der Waals surface area contributed by atoms with E-state index in [9.17, 15) is 0 Å². The third kappa shape index (κ3) is 3.43. The van der Waals surface area contributed by atoms with Crippen molar-refractivity contribution in [2.24, 2.45) is 5.73 Å². The lowest BCUT2D eigenvalue weighted by Crippen LogP contribution is -2.88. The van der Waals surface area contributed by atoms with Gasteiger partial charge < -0.3 is 14.3 Å². The van der Waals surface area contributed by atoms with Crippen molar-refractivity contribution in [3.8, 4) is 0 Å². The van der Waals surface area contributed by atoms with E-state index in [4.69, 9.17) is 5.73 Å². The van der Waals surface area contributed by atoms with Crippen LogP contribution in [0.25, 0.3) is 0 Å². The number of fused-ring (bicyclic) bond motifs is 3.